The molecule has 0 aromatic rings. The van der Waals surface area contributed by atoms with Crippen molar-refractivity contribution >= 4 is 11.7 Å². The van der Waals surface area contributed by atoms with Crippen molar-refractivity contribution < 1.29 is 10.0 Å². The molecule has 4 N–H and O–H groups in total. The van der Waals surface area contributed by atoms with Crippen molar-refractivity contribution in [1.29, 1.82) is 0 Å². The van der Waals surface area contributed by atoms with Gasteiger partial charge in [0.05, 0.1) is 0 Å². The van der Waals surface area contributed by atoms with E-state index in [0.717, 1.165) is 19.5 Å². The Labute approximate surface area is 106 Å². The normalized spacial score (nSPS) is 34.3. The summed E-state index contributed by atoms with van der Waals surface area (Å²) in [5, 5.41) is 14.9. The lowest BCUT2D eigenvalue weighted by Crippen LogP contribution is -2.48. The summed E-state index contributed by atoms with van der Waals surface area (Å²) in [7, 11) is 0. The summed E-state index contributed by atoms with van der Waals surface area (Å²) in [4.78, 5) is 14.7. The number of carbonyl (C=O) groups is 1. The van der Waals surface area contributed by atoms with E-state index in [2.05, 4.69) is 15.4 Å². The Morgan fingerprint density at radius 3 is 2.83 bits per heavy atom. The number of amidine groups is 1. The van der Waals surface area contributed by atoms with Gasteiger partial charge in [-0.15, -0.1) is 0 Å². The van der Waals surface area contributed by atoms with Gasteiger partial charge in [0.2, 0.25) is 5.91 Å². The summed E-state index contributed by atoms with van der Waals surface area (Å²) in [6.45, 7) is 2.23. The molecule has 3 aliphatic rings. The van der Waals surface area contributed by atoms with Crippen LogP contribution in [0.1, 0.15) is 32.1 Å². The molecule has 3 rings (SSSR count). The quantitative estimate of drug-likeness (QED) is 0.282. The van der Waals surface area contributed by atoms with Crippen LogP contribution in [0.3, 0.4) is 0 Å². The van der Waals surface area contributed by atoms with Crippen LogP contribution in [0.4, 0.5) is 0 Å². The standard InChI is InChI=1S/C12H20N4O2/c13-10(15-18)12(4-5-12)11(17)14-8-3-7-16-6-1-2-9(8)16/h8-9,18H,1-7H2,(H2,13,15)(H,14,17). The zero-order valence-corrected chi connectivity index (χ0v) is 10.4. The second kappa shape index (κ2) is 4.12. The van der Waals surface area contributed by atoms with Gasteiger partial charge in [0, 0.05) is 18.6 Å². The van der Waals surface area contributed by atoms with Crippen LogP contribution in [0, 0.1) is 5.41 Å². The fraction of sp³-hybridized carbons (Fsp3) is 0.833. The van der Waals surface area contributed by atoms with Crippen LogP contribution in [0.15, 0.2) is 5.16 Å². The number of hydrogen-bond donors (Lipinski definition) is 3. The van der Waals surface area contributed by atoms with Gasteiger partial charge >= 0.3 is 0 Å². The molecule has 0 aromatic carbocycles. The fourth-order valence-corrected chi connectivity index (χ4v) is 3.38. The third-order valence-corrected chi connectivity index (χ3v) is 4.71. The first-order valence-electron chi connectivity index (χ1n) is 6.70. The Bertz CT molecular complexity index is 392. The predicted molar refractivity (Wildman–Crippen MR) is 66.2 cm³/mol. The number of fused-ring (bicyclic) bond motifs is 1. The van der Waals surface area contributed by atoms with E-state index in [1.807, 2.05) is 0 Å². The Kier molecular flexibility index (Phi) is 2.69. The van der Waals surface area contributed by atoms with Crippen LogP contribution in [0.2, 0.25) is 0 Å². The van der Waals surface area contributed by atoms with E-state index in [1.54, 1.807) is 0 Å². The van der Waals surface area contributed by atoms with Crippen molar-refractivity contribution in [2.75, 3.05) is 13.1 Å². The Hall–Kier alpha value is -1.30. The number of carbonyl (C=O) groups excluding carboxylic acids is 1. The molecule has 0 spiro atoms. The lowest BCUT2D eigenvalue weighted by molar-refractivity contribution is -0.125. The van der Waals surface area contributed by atoms with E-state index in [9.17, 15) is 4.79 Å². The molecule has 0 aromatic heterocycles. The highest BCUT2D eigenvalue weighted by molar-refractivity contribution is 6.09. The Balaban J connectivity index is 1.65. The summed E-state index contributed by atoms with van der Waals surface area (Å²) in [5.74, 6) is -0.00201. The minimum absolute atomic E-state index is 0.0567. The number of nitrogens with zero attached hydrogens (tertiary/aromatic N) is 2. The molecule has 6 heteroatoms. The van der Waals surface area contributed by atoms with Crippen LogP contribution in [0.25, 0.3) is 0 Å². The lowest BCUT2D eigenvalue weighted by Gasteiger charge is -2.23. The molecule has 0 radical (unpaired) electrons. The molecule has 2 atom stereocenters. The minimum Gasteiger partial charge on any atom is -0.409 e. The number of nitrogens with one attached hydrogen (secondary N) is 1. The molecule has 1 aliphatic carbocycles. The molecule has 2 unspecified atom stereocenters. The molecule has 0 bridgehead atoms. The van der Waals surface area contributed by atoms with Gasteiger partial charge in [0.25, 0.3) is 0 Å². The first-order valence-corrected chi connectivity index (χ1v) is 6.70. The average molecular weight is 252 g/mol. The highest BCUT2D eigenvalue weighted by Gasteiger charge is 2.55. The highest BCUT2D eigenvalue weighted by Crippen LogP contribution is 2.46. The summed E-state index contributed by atoms with van der Waals surface area (Å²) in [5.41, 5.74) is 4.90. The van der Waals surface area contributed by atoms with Crippen LogP contribution < -0.4 is 11.1 Å². The van der Waals surface area contributed by atoms with Gasteiger partial charge in [-0.1, -0.05) is 5.16 Å². The molecular formula is C12H20N4O2. The molecule has 2 saturated heterocycles. The molecule has 100 valence electrons. The monoisotopic (exact) mass is 252 g/mol. The second-order valence-corrected chi connectivity index (χ2v) is 5.68. The third-order valence-electron chi connectivity index (χ3n) is 4.71. The van der Waals surface area contributed by atoms with Crippen molar-refractivity contribution in [2.45, 2.75) is 44.2 Å². The van der Waals surface area contributed by atoms with Gasteiger partial charge in [0.15, 0.2) is 5.84 Å². The number of amides is 1. The largest absolute Gasteiger partial charge is 0.409 e. The first kappa shape index (κ1) is 11.8. The maximum absolute atomic E-state index is 12.3. The van der Waals surface area contributed by atoms with Gasteiger partial charge in [-0.25, -0.2) is 0 Å². The lowest BCUT2D eigenvalue weighted by atomic mass is 10.0. The van der Waals surface area contributed by atoms with Crippen molar-refractivity contribution in [1.82, 2.24) is 10.2 Å². The van der Waals surface area contributed by atoms with E-state index in [4.69, 9.17) is 10.9 Å². The molecule has 6 nitrogen and oxygen atoms in total. The van der Waals surface area contributed by atoms with Gasteiger partial charge in [-0.3, -0.25) is 9.69 Å². The Morgan fingerprint density at radius 2 is 2.17 bits per heavy atom. The zero-order chi connectivity index (χ0) is 12.8. The first-order chi connectivity index (χ1) is 8.67. The number of rotatable bonds is 3. The second-order valence-electron chi connectivity index (χ2n) is 5.68. The summed E-state index contributed by atoms with van der Waals surface area (Å²) in [6, 6.07) is 0.737. The Morgan fingerprint density at radius 1 is 1.39 bits per heavy atom. The van der Waals surface area contributed by atoms with Crippen molar-refractivity contribution in [3.05, 3.63) is 0 Å². The highest BCUT2D eigenvalue weighted by atomic mass is 16.4. The van der Waals surface area contributed by atoms with Crippen LogP contribution in [0.5, 0.6) is 0 Å². The molecule has 1 saturated carbocycles. The van der Waals surface area contributed by atoms with Gasteiger partial charge in [0.1, 0.15) is 5.41 Å². The van der Waals surface area contributed by atoms with Crippen molar-refractivity contribution in [3.63, 3.8) is 0 Å². The molecule has 2 aliphatic heterocycles. The number of hydrogen-bond acceptors (Lipinski definition) is 4. The molecule has 3 fully saturated rings. The number of oxime groups is 1. The zero-order valence-electron chi connectivity index (χ0n) is 10.4. The predicted octanol–water partition coefficient (Wildman–Crippen LogP) is -0.134. The molecule has 1 amide bonds. The summed E-state index contributed by atoms with van der Waals surface area (Å²) < 4.78 is 0. The maximum Gasteiger partial charge on any atom is 0.234 e. The topological polar surface area (TPSA) is 91.0 Å². The fourth-order valence-electron chi connectivity index (χ4n) is 3.38. The van der Waals surface area contributed by atoms with Crippen LogP contribution in [-0.4, -0.2) is 47.0 Å². The van der Waals surface area contributed by atoms with Crippen molar-refractivity contribution in [3.8, 4) is 0 Å². The number of nitrogens with two attached hydrogens (primary N) is 1. The minimum atomic E-state index is -0.721. The smallest absolute Gasteiger partial charge is 0.234 e. The molecule has 2 heterocycles. The maximum atomic E-state index is 12.3. The third kappa shape index (κ3) is 1.67. The van der Waals surface area contributed by atoms with E-state index in [0.29, 0.717) is 18.9 Å². The van der Waals surface area contributed by atoms with E-state index >= 15 is 0 Å². The van der Waals surface area contributed by atoms with E-state index in [-0.39, 0.29) is 17.8 Å². The van der Waals surface area contributed by atoms with E-state index < -0.39 is 5.41 Å². The van der Waals surface area contributed by atoms with E-state index in [1.165, 1.54) is 12.8 Å². The SMILES string of the molecule is NC(=NO)C1(C(=O)NC2CCN3CCCC23)CC1. The van der Waals surface area contributed by atoms with Gasteiger partial charge < -0.3 is 16.3 Å². The van der Waals surface area contributed by atoms with Gasteiger partial charge in [-0.05, 0) is 38.6 Å². The van der Waals surface area contributed by atoms with Gasteiger partial charge in [-0.2, -0.15) is 0 Å². The van der Waals surface area contributed by atoms with Crippen molar-refractivity contribution in [2.24, 2.45) is 16.3 Å². The average Bonchev–Trinajstić information content (AvgIpc) is 2.91. The molecular weight excluding hydrogens is 232 g/mol. The summed E-state index contributed by atoms with van der Waals surface area (Å²) >= 11 is 0. The molecule has 18 heavy (non-hydrogen) atoms. The van der Waals surface area contributed by atoms with Crippen LogP contribution in [-0.2, 0) is 4.79 Å². The summed E-state index contributed by atoms with van der Waals surface area (Å²) in [6.07, 6.45) is 4.79. The van der Waals surface area contributed by atoms with Crippen LogP contribution >= 0.6 is 0 Å².